The summed E-state index contributed by atoms with van der Waals surface area (Å²) in [7, 11) is 0. The Morgan fingerprint density at radius 2 is 0.789 bits per heavy atom. The molecule has 1 fully saturated rings. The summed E-state index contributed by atoms with van der Waals surface area (Å²) < 4.78 is 22.5. The normalized spacial score (nSPS) is 20.8. The highest BCUT2D eigenvalue weighted by Crippen LogP contribution is 2.16. The number of carbonyl (C=O) groups excluding carboxylic acids is 2. The van der Waals surface area contributed by atoms with E-state index >= 15 is 0 Å². The molecule has 38 heavy (non-hydrogen) atoms. The minimum atomic E-state index is -0.925. The lowest BCUT2D eigenvalue weighted by Gasteiger charge is -2.27. The van der Waals surface area contributed by atoms with Gasteiger partial charge in [0.15, 0.2) is 0 Å². The van der Waals surface area contributed by atoms with Gasteiger partial charge in [-0.15, -0.1) is 0 Å². The minimum Gasteiger partial charge on any atom is -0.481 e. The van der Waals surface area contributed by atoms with E-state index in [1.54, 1.807) is 37.5 Å². The van der Waals surface area contributed by atoms with Gasteiger partial charge in [0.2, 0.25) is 11.8 Å². The zero-order valence-electron chi connectivity index (χ0n) is 23.3. The fourth-order valence-corrected chi connectivity index (χ4v) is 4.09. The fourth-order valence-electron chi connectivity index (χ4n) is 4.09. The quantitative estimate of drug-likeness (QED) is 0.454. The van der Waals surface area contributed by atoms with Gasteiger partial charge >= 0.3 is 11.9 Å². The summed E-state index contributed by atoms with van der Waals surface area (Å²) in [5.74, 6) is -4.22. The highest BCUT2D eigenvalue weighted by molar-refractivity contribution is 5.80. The number of aliphatic carboxylic acids is 2. The van der Waals surface area contributed by atoms with Crippen molar-refractivity contribution in [1.29, 1.82) is 0 Å². The van der Waals surface area contributed by atoms with Crippen molar-refractivity contribution in [2.24, 2.45) is 23.7 Å². The van der Waals surface area contributed by atoms with Crippen LogP contribution in [0.1, 0.15) is 40.5 Å². The second-order valence-electron chi connectivity index (χ2n) is 9.85. The molecule has 0 spiro atoms. The number of ether oxygens (including phenoxy) is 4. The first-order valence-corrected chi connectivity index (χ1v) is 13.4. The van der Waals surface area contributed by atoms with E-state index in [1.807, 2.05) is 0 Å². The van der Waals surface area contributed by atoms with Crippen molar-refractivity contribution >= 4 is 23.8 Å². The van der Waals surface area contributed by atoms with Crippen LogP contribution in [0.2, 0.25) is 0 Å². The van der Waals surface area contributed by atoms with E-state index in [-0.39, 0.29) is 24.7 Å². The number of carboxylic acids is 2. The summed E-state index contributed by atoms with van der Waals surface area (Å²) in [6.45, 7) is 10.5. The van der Waals surface area contributed by atoms with Crippen LogP contribution in [0.15, 0.2) is 0 Å². The van der Waals surface area contributed by atoms with Gasteiger partial charge in [0.25, 0.3) is 0 Å². The van der Waals surface area contributed by atoms with Crippen molar-refractivity contribution in [3.05, 3.63) is 0 Å². The van der Waals surface area contributed by atoms with Gasteiger partial charge in [0, 0.05) is 38.0 Å². The van der Waals surface area contributed by atoms with E-state index in [0.717, 1.165) is 0 Å². The lowest BCUT2D eigenvalue weighted by atomic mass is 9.96. The Kier molecular flexibility index (Phi) is 16.8. The molecule has 0 radical (unpaired) electrons. The molecule has 2 N–H and O–H groups in total. The van der Waals surface area contributed by atoms with Crippen LogP contribution < -0.4 is 0 Å². The van der Waals surface area contributed by atoms with Crippen molar-refractivity contribution in [2.45, 2.75) is 40.5 Å². The van der Waals surface area contributed by atoms with E-state index in [1.165, 1.54) is 0 Å². The largest absolute Gasteiger partial charge is 0.481 e. The number of amides is 2. The maximum atomic E-state index is 12.9. The van der Waals surface area contributed by atoms with Crippen LogP contribution in [0.3, 0.4) is 0 Å². The summed E-state index contributed by atoms with van der Waals surface area (Å²) >= 11 is 0. The molecule has 0 bridgehead atoms. The average molecular weight is 547 g/mol. The number of nitrogens with zero attached hydrogens (tertiary/aromatic N) is 2. The van der Waals surface area contributed by atoms with Crippen LogP contribution in [-0.4, -0.2) is 123 Å². The van der Waals surface area contributed by atoms with Crippen LogP contribution >= 0.6 is 0 Å². The van der Waals surface area contributed by atoms with Gasteiger partial charge in [-0.2, -0.15) is 0 Å². The van der Waals surface area contributed by atoms with E-state index in [0.29, 0.717) is 79.0 Å². The number of rotatable bonds is 8. The van der Waals surface area contributed by atoms with Gasteiger partial charge in [-0.3, -0.25) is 19.2 Å². The standard InChI is InChI=1S/C26H46N2O10/c1-19(17-21(3)25(31)32)23(29)27-5-9-35-13-15-37-11-7-28(8-12-38-16-14-36-10-6-27)24(30)20(2)18-22(4)26(33)34/h19-22H,5-18H2,1-4H3,(H,31,32)(H,33,34)/t19-,20-,21-,22+/m0/s1. The summed E-state index contributed by atoms with van der Waals surface area (Å²) in [4.78, 5) is 51.4. The van der Waals surface area contributed by atoms with Gasteiger partial charge in [-0.05, 0) is 12.8 Å². The highest BCUT2D eigenvalue weighted by atomic mass is 16.5. The lowest BCUT2D eigenvalue weighted by molar-refractivity contribution is -0.145. The first-order valence-electron chi connectivity index (χ1n) is 13.4. The molecule has 0 aromatic carbocycles. The molecule has 0 aromatic rings. The molecule has 1 aliphatic rings. The van der Waals surface area contributed by atoms with Crippen molar-refractivity contribution in [2.75, 3.05) is 79.0 Å². The fraction of sp³-hybridized carbons (Fsp3) is 0.846. The molecule has 12 nitrogen and oxygen atoms in total. The molecular weight excluding hydrogens is 500 g/mol. The SMILES string of the molecule is C[C@H](C[C@H](C)C(=O)N1CCOCCOCCN(C(=O)[C@@H](C)C[C@H](C)C(=O)O)CCOCCOCC1)C(=O)O. The summed E-state index contributed by atoms with van der Waals surface area (Å²) in [6.07, 6.45) is 0.510. The van der Waals surface area contributed by atoms with Gasteiger partial charge in [0.05, 0.1) is 64.7 Å². The second-order valence-corrected chi connectivity index (χ2v) is 9.85. The topological polar surface area (TPSA) is 152 Å². The Hall–Kier alpha value is -2.28. The molecule has 0 aromatic heterocycles. The molecule has 0 saturated carbocycles. The van der Waals surface area contributed by atoms with E-state index in [9.17, 15) is 19.2 Å². The van der Waals surface area contributed by atoms with E-state index in [2.05, 4.69) is 0 Å². The predicted octanol–water partition coefficient (Wildman–Crippen LogP) is 1.22. The highest BCUT2D eigenvalue weighted by Gasteiger charge is 2.26. The van der Waals surface area contributed by atoms with Crippen molar-refractivity contribution in [3.63, 3.8) is 0 Å². The van der Waals surface area contributed by atoms with Gasteiger partial charge in [-0.1, -0.05) is 27.7 Å². The van der Waals surface area contributed by atoms with Crippen LogP contribution in [0.25, 0.3) is 0 Å². The molecule has 1 rings (SSSR count). The van der Waals surface area contributed by atoms with Crippen molar-refractivity contribution < 1.29 is 48.3 Å². The summed E-state index contributed by atoms with van der Waals surface area (Å²) in [5.41, 5.74) is 0. The minimum absolute atomic E-state index is 0.135. The van der Waals surface area contributed by atoms with Gasteiger partial charge in [0.1, 0.15) is 0 Å². The Labute approximate surface area is 225 Å². The molecule has 1 aliphatic heterocycles. The monoisotopic (exact) mass is 546 g/mol. The molecule has 0 unspecified atom stereocenters. The van der Waals surface area contributed by atoms with Crippen LogP contribution in [0, 0.1) is 23.7 Å². The molecule has 0 aliphatic carbocycles. The summed E-state index contributed by atoms with van der Waals surface area (Å²) in [6, 6.07) is 0. The third-order valence-corrected chi connectivity index (χ3v) is 6.49. The maximum Gasteiger partial charge on any atom is 0.306 e. The third kappa shape index (κ3) is 13.5. The number of carboxylic acid groups (broad SMARTS) is 2. The maximum absolute atomic E-state index is 12.9. The van der Waals surface area contributed by atoms with E-state index in [4.69, 9.17) is 29.2 Å². The van der Waals surface area contributed by atoms with Crippen molar-refractivity contribution in [3.8, 4) is 0 Å². The van der Waals surface area contributed by atoms with E-state index < -0.39 is 35.6 Å². The zero-order chi connectivity index (χ0) is 28.5. The Balaban J connectivity index is 2.63. The van der Waals surface area contributed by atoms with Crippen LogP contribution in [0.5, 0.6) is 0 Å². The average Bonchev–Trinajstić information content (AvgIpc) is 2.87. The third-order valence-electron chi connectivity index (χ3n) is 6.49. The number of hydrogen-bond acceptors (Lipinski definition) is 8. The Morgan fingerprint density at radius 1 is 0.526 bits per heavy atom. The number of carbonyl (C=O) groups is 4. The molecule has 1 saturated heterocycles. The van der Waals surface area contributed by atoms with Crippen molar-refractivity contribution in [1.82, 2.24) is 9.80 Å². The lowest BCUT2D eigenvalue weighted by Crippen LogP contribution is -2.41. The molecule has 2 amide bonds. The predicted molar refractivity (Wildman–Crippen MR) is 138 cm³/mol. The number of hydrogen-bond donors (Lipinski definition) is 2. The molecule has 1 heterocycles. The zero-order valence-corrected chi connectivity index (χ0v) is 23.3. The first kappa shape index (κ1) is 33.7. The Bertz CT molecular complexity index is 655. The molecule has 4 atom stereocenters. The first-order chi connectivity index (χ1) is 18.0. The molecule has 12 heteroatoms. The van der Waals surface area contributed by atoms with Crippen LogP contribution in [-0.2, 0) is 38.1 Å². The Morgan fingerprint density at radius 3 is 1.03 bits per heavy atom. The molecular formula is C26H46N2O10. The van der Waals surface area contributed by atoms with Gasteiger partial charge in [-0.25, -0.2) is 0 Å². The smallest absolute Gasteiger partial charge is 0.306 e. The van der Waals surface area contributed by atoms with Gasteiger partial charge < -0.3 is 39.0 Å². The second kappa shape index (κ2) is 18.9. The summed E-state index contributed by atoms with van der Waals surface area (Å²) in [5, 5.41) is 18.3. The van der Waals surface area contributed by atoms with Crippen LogP contribution in [0.4, 0.5) is 0 Å². The molecule has 220 valence electrons.